The lowest BCUT2D eigenvalue weighted by Crippen LogP contribution is -2.22. The van der Waals surface area contributed by atoms with Crippen LogP contribution < -0.4 is 5.32 Å². The standard InChI is InChI=1S/C22H39NO2/c1-3-5-7-9-10-12-15-19(14-11-8-6-4-2)16-13-17-20-18-21(24)23-22(20)25/h18-19H,3-17H2,1-2H3,(H,23,24,25). The largest absolute Gasteiger partial charge is 0.289 e. The molecule has 1 N–H and O–H groups in total. The van der Waals surface area contributed by atoms with Crippen molar-refractivity contribution in [2.45, 2.75) is 110 Å². The Kier molecular flexibility index (Phi) is 12.4. The summed E-state index contributed by atoms with van der Waals surface area (Å²) in [4.78, 5) is 22.8. The molecule has 0 radical (unpaired) electrons. The predicted octanol–water partition coefficient (Wildman–Crippen LogP) is 6.08. The van der Waals surface area contributed by atoms with Gasteiger partial charge < -0.3 is 0 Å². The first kappa shape index (κ1) is 21.9. The van der Waals surface area contributed by atoms with Crippen LogP contribution in [0.5, 0.6) is 0 Å². The van der Waals surface area contributed by atoms with Crippen molar-refractivity contribution in [3.63, 3.8) is 0 Å². The summed E-state index contributed by atoms with van der Waals surface area (Å²) < 4.78 is 0. The second kappa shape index (κ2) is 14.1. The van der Waals surface area contributed by atoms with Gasteiger partial charge in [0.25, 0.3) is 11.8 Å². The molecule has 1 rings (SSSR count). The minimum atomic E-state index is -0.247. The molecule has 1 aliphatic rings. The average molecular weight is 350 g/mol. The third-order valence-electron chi connectivity index (χ3n) is 5.32. The molecule has 3 nitrogen and oxygen atoms in total. The van der Waals surface area contributed by atoms with E-state index < -0.39 is 0 Å². The third-order valence-corrected chi connectivity index (χ3v) is 5.32. The van der Waals surface area contributed by atoms with E-state index in [1.807, 2.05) is 0 Å². The fourth-order valence-corrected chi connectivity index (χ4v) is 3.73. The van der Waals surface area contributed by atoms with Crippen molar-refractivity contribution in [1.82, 2.24) is 5.32 Å². The number of carbonyl (C=O) groups excluding carboxylic acids is 2. The molecule has 0 saturated carbocycles. The van der Waals surface area contributed by atoms with Crippen LogP contribution in [0.25, 0.3) is 0 Å². The predicted molar refractivity (Wildman–Crippen MR) is 105 cm³/mol. The number of carbonyl (C=O) groups is 2. The van der Waals surface area contributed by atoms with Gasteiger partial charge in [-0.05, 0) is 18.8 Å². The number of hydrogen-bond acceptors (Lipinski definition) is 2. The number of nitrogens with one attached hydrogen (secondary N) is 1. The van der Waals surface area contributed by atoms with Gasteiger partial charge in [0.1, 0.15) is 0 Å². The number of amides is 2. The van der Waals surface area contributed by atoms with Crippen molar-refractivity contribution in [2.24, 2.45) is 5.92 Å². The lowest BCUT2D eigenvalue weighted by atomic mass is 9.89. The highest BCUT2D eigenvalue weighted by atomic mass is 16.2. The first-order valence-corrected chi connectivity index (χ1v) is 10.7. The summed E-state index contributed by atoms with van der Waals surface area (Å²) in [6.07, 6.45) is 20.6. The van der Waals surface area contributed by atoms with E-state index in [-0.39, 0.29) is 11.8 Å². The summed E-state index contributed by atoms with van der Waals surface area (Å²) >= 11 is 0. The van der Waals surface area contributed by atoms with E-state index in [4.69, 9.17) is 0 Å². The highest BCUT2D eigenvalue weighted by Crippen LogP contribution is 2.25. The Morgan fingerprint density at radius 1 is 0.760 bits per heavy atom. The van der Waals surface area contributed by atoms with Crippen LogP contribution in [-0.2, 0) is 9.59 Å². The van der Waals surface area contributed by atoms with Crippen LogP contribution in [0.4, 0.5) is 0 Å². The highest BCUT2D eigenvalue weighted by Gasteiger charge is 2.20. The van der Waals surface area contributed by atoms with E-state index >= 15 is 0 Å². The van der Waals surface area contributed by atoms with E-state index in [1.165, 1.54) is 89.5 Å². The lowest BCUT2D eigenvalue weighted by molar-refractivity contribution is -0.123. The van der Waals surface area contributed by atoms with E-state index in [0.717, 1.165) is 18.8 Å². The van der Waals surface area contributed by atoms with Crippen molar-refractivity contribution in [2.75, 3.05) is 0 Å². The number of hydrogen-bond donors (Lipinski definition) is 1. The van der Waals surface area contributed by atoms with Gasteiger partial charge >= 0.3 is 0 Å². The summed E-state index contributed by atoms with van der Waals surface area (Å²) in [6.45, 7) is 4.52. The Labute approximate surface area is 155 Å². The molecule has 1 aliphatic heterocycles. The molecule has 0 saturated heterocycles. The van der Waals surface area contributed by atoms with Crippen LogP contribution in [0.3, 0.4) is 0 Å². The quantitative estimate of drug-likeness (QED) is 0.271. The highest BCUT2D eigenvalue weighted by molar-refractivity contribution is 6.16. The Morgan fingerprint density at radius 2 is 1.28 bits per heavy atom. The van der Waals surface area contributed by atoms with Crippen LogP contribution in [-0.4, -0.2) is 11.8 Å². The molecule has 1 unspecified atom stereocenters. The summed E-state index contributed by atoms with van der Waals surface area (Å²) in [5.74, 6) is 0.368. The van der Waals surface area contributed by atoms with Crippen molar-refractivity contribution in [3.05, 3.63) is 11.6 Å². The van der Waals surface area contributed by atoms with E-state index in [9.17, 15) is 9.59 Å². The molecule has 0 fully saturated rings. The van der Waals surface area contributed by atoms with Gasteiger partial charge in [-0.1, -0.05) is 97.3 Å². The zero-order chi connectivity index (χ0) is 18.3. The van der Waals surface area contributed by atoms with Gasteiger partial charge in [-0.2, -0.15) is 0 Å². The smallest absolute Gasteiger partial charge is 0.254 e. The summed E-state index contributed by atoms with van der Waals surface area (Å²) in [5.41, 5.74) is 0.675. The first-order valence-electron chi connectivity index (χ1n) is 10.7. The molecule has 0 bridgehead atoms. The van der Waals surface area contributed by atoms with Crippen LogP contribution >= 0.6 is 0 Å². The molecule has 0 aromatic carbocycles. The first-order chi connectivity index (χ1) is 12.2. The average Bonchev–Trinajstić information content (AvgIpc) is 2.91. The molecule has 1 heterocycles. The third kappa shape index (κ3) is 10.5. The summed E-state index contributed by atoms with van der Waals surface area (Å²) in [7, 11) is 0. The van der Waals surface area contributed by atoms with Crippen LogP contribution in [0.1, 0.15) is 110 Å². The fraction of sp³-hybridized carbons (Fsp3) is 0.818. The second-order valence-electron chi connectivity index (χ2n) is 7.65. The summed E-state index contributed by atoms with van der Waals surface area (Å²) in [5, 5.41) is 2.34. The topological polar surface area (TPSA) is 46.2 Å². The zero-order valence-electron chi connectivity index (χ0n) is 16.6. The maximum absolute atomic E-state index is 11.6. The molecule has 1 atom stereocenters. The molecule has 0 aromatic heterocycles. The summed E-state index contributed by atoms with van der Waals surface area (Å²) in [6, 6.07) is 0. The molecule has 2 amide bonds. The normalized spacial score (nSPS) is 15.4. The van der Waals surface area contributed by atoms with Gasteiger partial charge in [-0.25, -0.2) is 0 Å². The molecule has 0 aromatic rings. The van der Waals surface area contributed by atoms with Gasteiger partial charge in [0.2, 0.25) is 0 Å². The Balaban J connectivity index is 2.25. The zero-order valence-corrected chi connectivity index (χ0v) is 16.6. The molecular formula is C22H39NO2. The van der Waals surface area contributed by atoms with Crippen LogP contribution in [0.15, 0.2) is 11.6 Å². The van der Waals surface area contributed by atoms with Crippen molar-refractivity contribution in [3.8, 4) is 0 Å². The molecule has 0 spiro atoms. The van der Waals surface area contributed by atoms with Gasteiger partial charge in [-0.15, -0.1) is 0 Å². The minimum absolute atomic E-state index is 0.180. The van der Waals surface area contributed by atoms with Gasteiger partial charge in [0.15, 0.2) is 0 Å². The van der Waals surface area contributed by atoms with Crippen molar-refractivity contribution < 1.29 is 9.59 Å². The molecular weight excluding hydrogens is 310 g/mol. The number of unbranched alkanes of at least 4 members (excludes halogenated alkanes) is 8. The molecule has 0 aliphatic carbocycles. The van der Waals surface area contributed by atoms with Crippen LogP contribution in [0, 0.1) is 5.92 Å². The maximum Gasteiger partial charge on any atom is 0.254 e. The SMILES string of the molecule is CCCCCCCCC(CCCCCC)CCCC1=CC(=O)NC1=O. The number of imide groups is 1. The molecule has 144 valence electrons. The Bertz CT molecular complexity index is 414. The van der Waals surface area contributed by atoms with Gasteiger partial charge in [0, 0.05) is 11.6 Å². The fourth-order valence-electron chi connectivity index (χ4n) is 3.73. The van der Waals surface area contributed by atoms with Crippen molar-refractivity contribution in [1.29, 1.82) is 0 Å². The number of rotatable bonds is 16. The van der Waals surface area contributed by atoms with Gasteiger partial charge in [-0.3, -0.25) is 14.9 Å². The Morgan fingerprint density at radius 3 is 1.84 bits per heavy atom. The Hall–Kier alpha value is -1.12. The van der Waals surface area contributed by atoms with E-state index in [0.29, 0.717) is 5.57 Å². The minimum Gasteiger partial charge on any atom is -0.289 e. The molecule has 25 heavy (non-hydrogen) atoms. The van der Waals surface area contributed by atoms with E-state index in [1.54, 1.807) is 0 Å². The molecule has 3 heteroatoms. The van der Waals surface area contributed by atoms with E-state index in [2.05, 4.69) is 19.2 Å². The van der Waals surface area contributed by atoms with Crippen LogP contribution in [0.2, 0.25) is 0 Å². The second-order valence-corrected chi connectivity index (χ2v) is 7.65. The maximum atomic E-state index is 11.6. The van der Waals surface area contributed by atoms with Gasteiger partial charge in [0.05, 0.1) is 0 Å². The lowest BCUT2D eigenvalue weighted by Gasteiger charge is -2.17. The monoisotopic (exact) mass is 349 g/mol. The van der Waals surface area contributed by atoms with Crippen molar-refractivity contribution >= 4 is 11.8 Å².